The van der Waals surface area contributed by atoms with Crippen LogP contribution < -0.4 is 0 Å². The zero-order valence-corrected chi connectivity index (χ0v) is 23.8. The summed E-state index contributed by atoms with van der Waals surface area (Å²) in [6, 6.07) is 12.9. The van der Waals surface area contributed by atoms with Crippen molar-refractivity contribution in [3.05, 3.63) is 89.2 Å². The fourth-order valence-corrected chi connectivity index (χ4v) is 5.42. The van der Waals surface area contributed by atoms with Gasteiger partial charge in [0.05, 0.1) is 13.0 Å². The minimum absolute atomic E-state index is 0.0943. The van der Waals surface area contributed by atoms with Gasteiger partial charge in [0.15, 0.2) is 0 Å². The number of piperazine rings is 1. The number of pyridine rings is 1. The quantitative estimate of drug-likeness (QED) is 0.237. The number of aromatic nitrogens is 1. The first-order chi connectivity index (χ1) is 20.2. The number of nitrogens with zero attached hydrogens (tertiary/aromatic N) is 3. The number of carbonyl (C=O) groups excluding carboxylic acids is 1. The lowest BCUT2D eigenvalue weighted by Gasteiger charge is -2.41. The van der Waals surface area contributed by atoms with Gasteiger partial charge in [0, 0.05) is 56.7 Å². The summed E-state index contributed by atoms with van der Waals surface area (Å²) in [7, 11) is 0. The van der Waals surface area contributed by atoms with Gasteiger partial charge in [0.1, 0.15) is 0 Å². The van der Waals surface area contributed by atoms with Crippen LogP contribution in [0.2, 0.25) is 0 Å². The smallest absolute Gasteiger partial charge is 0.430 e. The van der Waals surface area contributed by atoms with Crippen LogP contribution in [0.4, 0.5) is 26.3 Å². The van der Waals surface area contributed by atoms with Crippen molar-refractivity contribution >= 4 is 5.97 Å². The maximum absolute atomic E-state index is 13.3. The molecule has 6 nitrogen and oxygen atoms in total. The van der Waals surface area contributed by atoms with E-state index in [1.807, 2.05) is 24.3 Å². The van der Waals surface area contributed by atoms with Gasteiger partial charge in [0.25, 0.3) is 5.60 Å². The average Bonchev–Trinajstić information content (AvgIpc) is 2.94. The van der Waals surface area contributed by atoms with Crippen molar-refractivity contribution in [2.45, 2.75) is 57.4 Å². The summed E-state index contributed by atoms with van der Waals surface area (Å²) >= 11 is 0. The first kappa shape index (κ1) is 32.4. The molecule has 1 aliphatic rings. The molecular formula is C31H33F6N3O3. The van der Waals surface area contributed by atoms with Crippen molar-refractivity contribution in [2.24, 2.45) is 0 Å². The summed E-state index contributed by atoms with van der Waals surface area (Å²) < 4.78 is 84.8. The number of aryl methyl sites for hydroxylation is 1. The largest absolute Gasteiger partial charge is 0.466 e. The monoisotopic (exact) mass is 609 g/mol. The molecule has 0 amide bonds. The standard InChI is InChI=1S/C31H33F6N3O3/c1-3-43-28(41)17-26-20-39(18-22-10-12-38-13-11-22)14-15-40(26)19-23-4-9-27(21(2)16-23)24-5-7-25(8-6-24)29(42,30(32,33)34)31(35,36)37/h4-13,16,26,42H,3,14-15,17-20H2,1-2H3/t26-/m0/s1. The van der Waals surface area contributed by atoms with Gasteiger partial charge in [-0.05, 0) is 53.8 Å². The molecule has 0 radical (unpaired) electrons. The molecule has 43 heavy (non-hydrogen) atoms. The Labute approximate surface area is 245 Å². The Hall–Kier alpha value is -3.48. The van der Waals surface area contributed by atoms with Crippen molar-refractivity contribution in [1.82, 2.24) is 14.8 Å². The van der Waals surface area contributed by atoms with E-state index in [0.29, 0.717) is 49.5 Å². The molecule has 0 saturated carbocycles. The van der Waals surface area contributed by atoms with Crippen LogP contribution in [0.3, 0.4) is 0 Å². The molecule has 0 aliphatic carbocycles. The van der Waals surface area contributed by atoms with Crippen LogP contribution in [-0.4, -0.2) is 70.5 Å². The number of esters is 1. The number of aliphatic hydroxyl groups is 1. The van der Waals surface area contributed by atoms with Crippen LogP contribution >= 0.6 is 0 Å². The Balaban J connectivity index is 1.50. The Bertz CT molecular complexity index is 1370. The molecule has 1 N–H and O–H groups in total. The van der Waals surface area contributed by atoms with E-state index < -0.39 is 23.5 Å². The fourth-order valence-electron chi connectivity index (χ4n) is 5.42. The molecule has 1 aliphatic heterocycles. The average molecular weight is 610 g/mol. The normalized spacial score (nSPS) is 17.2. The summed E-state index contributed by atoms with van der Waals surface area (Å²) in [5.74, 6) is -0.277. The molecule has 12 heteroatoms. The van der Waals surface area contributed by atoms with Crippen LogP contribution in [0.1, 0.15) is 35.6 Å². The first-order valence-electron chi connectivity index (χ1n) is 13.8. The molecule has 1 fully saturated rings. The van der Waals surface area contributed by atoms with E-state index in [-0.39, 0.29) is 18.4 Å². The molecule has 2 heterocycles. The van der Waals surface area contributed by atoms with E-state index in [1.165, 1.54) is 0 Å². The minimum atomic E-state index is -5.94. The number of benzene rings is 2. The van der Waals surface area contributed by atoms with Gasteiger partial charge < -0.3 is 9.84 Å². The molecular weight excluding hydrogens is 576 g/mol. The third kappa shape index (κ3) is 7.36. The SMILES string of the molecule is CCOC(=O)C[C@H]1CN(Cc2ccncc2)CCN1Cc1ccc(-c2ccc(C(O)(C(F)(F)F)C(F)(F)F)cc2)c(C)c1. The van der Waals surface area contributed by atoms with E-state index in [4.69, 9.17) is 4.74 Å². The van der Waals surface area contributed by atoms with Crippen molar-refractivity contribution in [3.8, 4) is 11.1 Å². The summed E-state index contributed by atoms with van der Waals surface area (Å²) in [6.07, 6.45) is -8.17. The van der Waals surface area contributed by atoms with Gasteiger partial charge in [-0.1, -0.05) is 42.5 Å². The highest BCUT2D eigenvalue weighted by atomic mass is 19.4. The molecule has 0 spiro atoms. The van der Waals surface area contributed by atoms with Crippen LogP contribution in [0.15, 0.2) is 67.0 Å². The summed E-state index contributed by atoms with van der Waals surface area (Å²) in [6.45, 7) is 7.27. The summed E-state index contributed by atoms with van der Waals surface area (Å²) in [5.41, 5.74) is -2.41. The third-order valence-electron chi connectivity index (χ3n) is 7.66. The van der Waals surface area contributed by atoms with Gasteiger partial charge >= 0.3 is 18.3 Å². The van der Waals surface area contributed by atoms with Crippen LogP contribution in [0.5, 0.6) is 0 Å². The lowest BCUT2D eigenvalue weighted by atomic mass is 9.90. The molecule has 3 aromatic rings. The molecule has 1 atom stereocenters. The maximum atomic E-state index is 13.3. The van der Waals surface area contributed by atoms with Crippen molar-refractivity contribution in [2.75, 3.05) is 26.2 Å². The zero-order chi connectivity index (χ0) is 31.4. The molecule has 1 aromatic heterocycles. The van der Waals surface area contributed by atoms with Gasteiger partial charge in [-0.2, -0.15) is 26.3 Å². The summed E-state index contributed by atoms with van der Waals surface area (Å²) in [5, 5.41) is 9.67. The lowest BCUT2D eigenvalue weighted by molar-refractivity contribution is -0.376. The first-order valence-corrected chi connectivity index (χ1v) is 13.8. The predicted octanol–water partition coefficient (Wildman–Crippen LogP) is 6.01. The van der Waals surface area contributed by atoms with E-state index in [2.05, 4.69) is 14.8 Å². The number of rotatable bonds is 9. The number of hydrogen-bond donors (Lipinski definition) is 1. The van der Waals surface area contributed by atoms with Crippen molar-refractivity contribution < 1.29 is 41.0 Å². The molecule has 232 valence electrons. The van der Waals surface area contributed by atoms with E-state index in [1.54, 1.807) is 32.3 Å². The Morgan fingerprint density at radius 3 is 2.16 bits per heavy atom. The Kier molecular flexibility index (Phi) is 9.83. The number of halogens is 6. The number of alkyl halides is 6. The number of hydrogen-bond acceptors (Lipinski definition) is 6. The minimum Gasteiger partial charge on any atom is -0.466 e. The number of carbonyl (C=O) groups is 1. The lowest BCUT2D eigenvalue weighted by Crippen LogP contribution is -2.53. The Morgan fingerprint density at radius 2 is 1.58 bits per heavy atom. The van der Waals surface area contributed by atoms with Crippen LogP contribution in [-0.2, 0) is 28.2 Å². The third-order valence-corrected chi connectivity index (χ3v) is 7.66. The molecule has 0 bridgehead atoms. The second-order valence-corrected chi connectivity index (χ2v) is 10.7. The second kappa shape index (κ2) is 13.0. The fraction of sp³-hybridized carbons (Fsp3) is 0.419. The van der Waals surface area contributed by atoms with E-state index in [0.717, 1.165) is 41.9 Å². The van der Waals surface area contributed by atoms with Gasteiger partial charge in [-0.15, -0.1) is 0 Å². The van der Waals surface area contributed by atoms with E-state index in [9.17, 15) is 36.2 Å². The predicted molar refractivity (Wildman–Crippen MR) is 148 cm³/mol. The van der Waals surface area contributed by atoms with Crippen molar-refractivity contribution in [3.63, 3.8) is 0 Å². The molecule has 0 unspecified atom stereocenters. The highest BCUT2D eigenvalue weighted by Gasteiger charge is 2.71. The van der Waals surface area contributed by atoms with Crippen LogP contribution in [0, 0.1) is 6.92 Å². The highest BCUT2D eigenvalue weighted by Crippen LogP contribution is 2.50. The number of ether oxygens (including phenoxy) is 1. The van der Waals surface area contributed by atoms with E-state index >= 15 is 0 Å². The maximum Gasteiger partial charge on any atom is 0.430 e. The second-order valence-electron chi connectivity index (χ2n) is 10.7. The zero-order valence-electron chi connectivity index (χ0n) is 23.8. The summed E-state index contributed by atoms with van der Waals surface area (Å²) in [4.78, 5) is 21.0. The topological polar surface area (TPSA) is 65.9 Å². The highest BCUT2D eigenvalue weighted by molar-refractivity contribution is 5.70. The Morgan fingerprint density at radius 1 is 0.930 bits per heavy atom. The van der Waals surface area contributed by atoms with Crippen LogP contribution in [0.25, 0.3) is 11.1 Å². The van der Waals surface area contributed by atoms with Gasteiger partial charge in [-0.25, -0.2) is 0 Å². The molecule has 4 rings (SSSR count). The van der Waals surface area contributed by atoms with Gasteiger partial charge in [-0.3, -0.25) is 19.6 Å². The molecule has 2 aromatic carbocycles. The van der Waals surface area contributed by atoms with Gasteiger partial charge in [0.2, 0.25) is 0 Å². The molecule has 1 saturated heterocycles. The van der Waals surface area contributed by atoms with Crippen molar-refractivity contribution in [1.29, 1.82) is 0 Å².